The lowest BCUT2D eigenvalue weighted by molar-refractivity contribution is 0.251. The molecule has 0 aliphatic rings. The van der Waals surface area contributed by atoms with E-state index in [9.17, 15) is 8.78 Å². The lowest BCUT2D eigenvalue weighted by Gasteiger charge is -2.12. The van der Waals surface area contributed by atoms with Crippen molar-refractivity contribution in [2.75, 3.05) is 0 Å². The van der Waals surface area contributed by atoms with Gasteiger partial charge in [0.1, 0.15) is 11.5 Å². The molecule has 0 saturated carbocycles. The predicted octanol–water partition coefficient (Wildman–Crippen LogP) is 3.98. The van der Waals surface area contributed by atoms with E-state index in [0.29, 0.717) is 24.1 Å². The van der Waals surface area contributed by atoms with Crippen molar-refractivity contribution < 1.29 is 13.2 Å². The Morgan fingerprint density at radius 2 is 1.90 bits per heavy atom. The van der Waals surface area contributed by atoms with Crippen LogP contribution < -0.4 is 5.32 Å². The van der Waals surface area contributed by atoms with Gasteiger partial charge in [0, 0.05) is 18.4 Å². The molecular weight excluding hydrogens is 282 g/mol. The van der Waals surface area contributed by atoms with Crippen molar-refractivity contribution in [3.05, 3.63) is 53.7 Å². The summed E-state index contributed by atoms with van der Waals surface area (Å²) in [4.78, 5) is 3.97. The van der Waals surface area contributed by atoms with Gasteiger partial charge in [-0.3, -0.25) is 4.98 Å². The molecule has 0 amide bonds. The van der Waals surface area contributed by atoms with Crippen LogP contribution in [0.25, 0.3) is 0 Å². The van der Waals surface area contributed by atoms with Gasteiger partial charge < -0.3 is 9.73 Å². The molecule has 1 N–H and O–H groups in total. The summed E-state index contributed by atoms with van der Waals surface area (Å²) in [5, 5.41) is 3.32. The SMILES string of the molecule is CC(NCc1ccc(CSC(F)F)o1)c1ccncc1. The number of aromatic nitrogens is 1. The van der Waals surface area contributed by atoms with E-state index < -0.39 is 5.76 Å². The topological polar surface area (TPSA) is 38.1 Å². The zero-order chi connectivity index (χ0) is 14.4. The predicted molar refractivity (Wildman–Crippen MR) is 75.5 cm³/mol. The summed E-state index contributed by atoms with van der Waals surface area (Å²) in [7, 11) is 0. The highest BCUT2D eigenvalue weighted by atomic mass is 32.2. The van der Waals surface area contributed by atoms with Gasteiger partial charge in [-0.25, -0.2) is 0 Å². The van der Waals surface area contributed by atoms with E-state index in [0.717, 1.165) is 11.3 Å². The molecule has 0 saturated heterocycles. The molecule has 2 aromatic heterocycles. The number of hydrogen-bond acceptors (Lipinski definition) is 4. The van der Waals surface area contributed by atoms with Crippen LogP contribution in [0.15, 0.2) is 41.1 Å². The summed E-state index contributed by atoms with van der Waals surface area (Å²) in [5.74, 6) is -0.856. The van der Waals surface area contributed by atoms with Crippen molar-refractivity contribution in [2.24, 2.45) is 0 Å². The van der Waals surface area contributed by atoms with Gasteiger partial charge in [-0.05, 0) is 36.8 Å². The van der Waals surface area contributed by atoms with Gasteiger partial charge in [-0.1, -0.05) is 11.8 Å². The third-order valence-corrected chi connectivity index (χ3v) is 3.56. The standard InChI is InChI=1S/C14H16F2N2OS/c1-10(11-4-6-17-7-5-11)18-8-12-2-3-13(19-12)9-20-14(15)16/h2-7,10,14,18H,8-9H2,1H3. The Morgan fingerprint density at radius 1 is 1.20 bits per heavy atom. The van der Waals surface area contributed by atoms with E-state index in [-0.39, 0.29) is 11.8 Å². The van der Waals surface area contributed by atoms with Crippen LogP contribution in [0, 0.1) is 0 Å². The minimum Gasteiger partial charge on any atom is -0.464 e. The van der Waals surface area contributed by atoms with E-state index in [1.54, 1.807) is 18.5 Å². The molecule has 3 nitrogen and oxygen atoms in total. The van der Waals surface area contributed by atoms with Gasteiger partial charge in [0.15, 0.2) is 0 Å². The van der Waals surface area contributed by atoms with Gasteiger partial charge in [0.25, 0.3) is 5.76 Å². The van der Waals surface area contributed by atoms with Crippen LogP contribution in [0.1, 0.15) is 30.0 Å². The molecule has 0 aromatic carbocycles. The summed E-state index contributed by atoms with van der Waals surface area (Å²) in [6, 6.07) is 7.62. The minimum absolute atomic E-state index is 0.169. The van der Waals surface area contributed by atoms with E-state index in [4.69, 9.17) is 4.42 Å². The van der Waals surface area contributed by atoms with Gasteiger partial charge in [-0.15, -0.1) is 0 Å². The van der Waals surface area contributed by atoms with Gasteiger partial charge in [0.05, 0.1) is 12.3 Å². The van der Waals surface area contributed by atoms with Crippen molar-refractivity contribution in [3.8, 4) is 0 Å². The van der Waals surface area contributed by atoms with E-state index in [1.807, 2.05) is 25.1 Å². The number of nitrogens with zero attached hydrogens (tertiary/aromatic N) is 1. The number of thioether (sulfide) groups is 1. The number of nitrogens with one attached hydrogen (secondary N) is 1. The lowest BCUT2D eigenvalue weighted by Crippen LogP contribution is -2.17. The summed E-state index contributed by atoms with van der Waals surface area (Å²) in [5.41, 5.74) is 1.14. The number of pyridine rings is 1. The van der Waals surface area contributed by atoms with Crippen LogP contribution in [0.4, 0.5) is 8.78 Å². The average molecular weight is 298 g/mol. The first kappa shape index (κ1) is 15.0. The molecule has 0 aliphatic heterocycles. The molecule has 6 heteroatoms. The van der Waals surface area contributed by atoms with Crippen molar-refractivity contribution in [3.63, 3.8) is 0 Å². The normalized spacial score (nSPS) is 12.8. The zero-order valence-electron chi connectivity index (χ0n) is 11.1. The number of furan rings is 1. The number of alkyl halides is 2. The third kappa shape index (κ3) is 4.61. The second kappa shape index (κ2) is 7.40. The number of halogens is 2. The third-order valence-electron chi connectivity index (χ3n) is 2.86. The highest BCUT2D eigenvalue weighted by Crippen LogP contribution is 2.21. The first-order valence-electron chi connectivity index (χ1n) is 6.26. The average Bonchev–Trinajstić information content (AvgIpc) is 2.91. The van der Waals surface area contributed by atoms with Gasteiger partial charge in [-0.2, -0.15) is 8.78 Å². The van der Waals surface area contributed by atoms with Crippen LogP contribution in [0.5, 0.6) is 0 Å². The monoisotopic (exact) mass is 298 g/mol. The van der Waals surface area contributed by atoms with Crippen LogP contribution >= 0.6 is 11.8 Å². The molecule has 1 atom stereocenters. The Bertz CT molecular complexity index is 519. The molecular formula is C14H16F2N2OS. The van der Waals surface area contributed by atoms with Crippen LogP contribution in [0.2, 0.25) is 0 Å². The Kier molecular flexibility index (Phi) is 5.55. The van der Waals surface area contributed by atoms with Crippen molar-refractivity contribution >= 4 is 11.8 Å². The Balaban J connectivity index is 1.82. The minimum atomic E-state index is -2.37. The fourth-order valence-electron chi connectivity index (χ4n) is 1.76. The Labute approximate surface area is 120 Å². The quantitative estimate of drug-likeness (QED) is 0.839. The maximum atomic E-state index is 12.1. The molecule has 0 radical (unpaired) electrons. The van der Waals surface area contributed by atoms with E-state index in [2.05, 4.69) is 10.3 Å². The molecule has 2 aromatic rings. The highest BCUT2D eigenvalue weighted by molar-refractivity contribution is 7.98. The maximum absolute atomic E-state index is 12.1. The molecule has 0 bridgehead atoms. The summed E-state index contributed by atoms with van der Waals surface area (Å²) in [6.07, 6.45) is 3.50. The van der Waals surface area contributed by atoms with Crippen molar-refractivity contribution in [1.29, 1.82) is 0 Å². The molecule has 0 spiro atoms. The molecule has 0 fully saturated rings. The van der Waals surface area contributed by atoms with Crippen LogP contribution in [-0.2, 0) is 12.3 Å². The maximum Gasteiger partial charge on any atom is 0.284 e. The molecule has 1 unspecified atom stereocenters. The second-order valence-corrected chi connectivity index (χ2v) is 5.30. The molecule has 20 heavy (non-hydrogen) atoms. The summed E-state index contributed by atoms with van der Waals surface area (Å²) >= 11 is 0.565. The van der Waals surface area contributed by atoms with Gasteiger partial charge in [0.2, 0.25) is 0 Å². The fourth-order valence-corrected chi connectivity index (χ4v) is 2.21. The largest absolute Gasteiger partial charge is 0.464 e. The number of rotatable bonds is 7. The van der Waals surface area contributed by atoms with Crippen molar-refractivity contribution in [2.45, 2.75) is 31.0 Å². The number of hydrogen-bond donors (Lipinski definition) is 1. The van der Waals surface area contributed by atoms with Crippen LogP contribution in [-0.4, -0.2) is 10.7 Å². The molecule has 0 aliphatic carbocycles. The first-order chi connectivity index (χ1) is 9.65. The lowest BCUT2D eigenvalue weighted by atomic mass is 10.1. The second-order valence-electron chi connectivity index (χ2n) is 4.32. The van der Waals surface area contributed by atoms with Crippen LogP contribution in [0.3, 0.4) is 0 Å². The Hall–Kier alpha value is -1.40. The zero-order valence-corrected chi connectivity index (χ0v) is 11.9. The Morgan fingerprint density at radius 3 is 2.60 bits per heavy atom. The van der Waals surface area contributed by atoms with Gasteiger partial charge >= 0.3 is 0 Å². The molecule has 2 heterocycles. The summed E-state index contributed by atoms with van der Waals surface area (Å²) < 4.78 is 29.6. The summed E-state index contributed by atoms with van der Waals surface area (Å²) in [6.45, 7) is 2.61. The fraction of sp³-hybridized carbons (Fsp3) is 0.357. The smallest absolute Gasteiger partial charge is 0.284 e. The van der Waals surface area contributed by atoms with E-state index in [1.165, 1.54) is 0 Å². The molecule has 108 valence electrons. The van der Waals surface area contributed by atoms with E-state index >= 15 is 0 Å². The highest BCUT2D eigenvalue weighted by Gasteiger charge is 2.09. The molecule has 2 rings (SSSR count). The first-order valence-corrected chi connectivity index (χ1v) is 7.30. The van der Waals surface area contributed by atoms with Crippen molar-refractivity contribution in [1.82, 2.24) is 10.3 Å².